The van der Waals surface area contributed by atoms with Crippen molar-refractivity contribution in [3.05, 3.63) is 0 Å². The third kappa shape index (κ3) is 2.26. The Morgan fingerprint density at radius 2 is 1.56 bits per heavy atom. The topological polar surface area (TPSA) is 122 Å². The van der Waals surface area contributed by atoms with Gasteiger partial charge in [-0.1, -0.05) is 0 Å². The minimum atomic E-state index is -1.17. The van der Waals surface area contributed by atoms with Gasteiger partial charge in [0.05, 0.1) is 31.4 Å². The fourth-order valence-electron chi connectivity index (χ4n) is 2.37. The number of β-amino-alcohol motifs (C(OH)–C–C–N with tert-alkyl or cyclic N) is 3. The molecule has 0 aromatic rings. The minimum absolute atomic E-state index is 0.0000203. The molecule has 0 aromatic heterocycles. The maximum atomic E-state index is 12.1. The Bertz CT molecular complexity index is 352. The monoisotopic (exact) mass is 260 g/mol. The molecule has 2 saturated heterocycles. The number of hydrogen-bond donors (Lipinski definition) is 4. The lowest BCUT2D eigenvalue weighted by Gasteiger charge is -2.26. The largest absolute Gasteiger partial charge is 0.480 e. The predicted molar refractivity (Wildman–Crippen MR) is 57.7 cm³/mol. The van der Waals surface area contributed by atoms with Gasteiger partial charge in [-0.2, -0.15) is 0 Å². The molecule has 3 unspecified atom stereocenters. The van der Waals surface area contributed by atoms with E-state index < -0.39 is 36.4 Å². The van der Waals surface area contributed by atoms with E-state index in [-0.39, 0.29) is 26.1 Å². The van der Waals surface area contributed by atoms with Crippen molar-refractivity contribution < 1.29 is 30.0 Å². The van der Waals surface area contributed by atoms with Gasteiger partial charge in [-0.05, 0) is 0 Å². The summed E-state index contributed by atoms with van der Waals surface area (Å²) in [4.78, 5) is 25.3. The maximum Gasteiger partial charge on any atom is 0.326 e. The quantitative estimate of drug-likeness (QED) is 0.419. The van der Waals surface area contributed by atoms with Gasteiger partial charge in [-0.15, -0.1) is 0 Å². The molecule has 8 nitrogen and oxygen atoms in total. The van der Waals surface area contributed by atoms with Crippen LogP contribution < -0.4 is 0 Å². The van der Waals surface area contributed by atoms with Crippen LogP contribution >= 0.6 is 0 Å². The summed E-state index contributed by atoms with van der Waals surface area (Å²) in [5.74, 6) is -1.17. The molecule has 2 amide bonds. The first kappa shape index (κ1) is 13.1. The standard InChI is InChI=1S/C10H16N2O6/c13-5-1-6(9(16)17)12(2-5)10(18)11-3-7(14)8(15)4-11/h5-8,13-15H,1-4H2,(H,16,17)/t5?,6-,7?,8?/m0/s1. The first-order valence-corrected chi connectivity index (χ1v) is 5.72. The van der Waals surface area contributed by atoms with E-state index in [0.717, 1.165) is 4.90 Å². The van der Waals surface area contributed by atoms with E-state index in [2.05, 4.69) is 0 Å². The number of rotatable bonds is 1. The molecule has 2 aliphatic heterocycles. The molecule has 0 spiro atoms. The van der Waals surface area contributed by atoms with Crippen LogP contribution in [0.2, 0.25) is 0 Å². The van der Waals surface area contributed by atoms with Crippen LogP contribution in [0.3, 0.4) is 0 Å². The van der Waals surface area contributed by atoms with E-state index in [0.29, 0.717) is 0 Å². The third-order valence-electron chi connectivity index (χ3n) is 3.34. The van der Waals surface area contributed by atoms with E-state index >= 15 is 0 Å². The molecule has 0 aliphatic carbocycles. The predicted octanol–water partition coefficient (Wildman–Crippen LogP) is -2.34. The zero-order valence-corrected chi connectivity index (χ0v) is 9.64. The molecule has 102 valence electrons. The summed E-state index contributed by atoms with van der Waals surface area (Å²) >= 11 is 0. The molecule has 18 heavy (non-hydrogen) atoms. The molecule has 0 saturated carbocycles. The summed E-state index contributed by atoms with van der Waals surface area (Å²) < 4.78 is 0. The number of aliphatic hydroxyl groups is 3. The van der Waals surface area contributed by atoms with Crippen molar-refractivity contribution in [2.24, 2.45) is 0 Å². The lowest BCUT2D eigenvalue weighted by Crippen LogP contribution is -2.47. The molecule has 4 atom stereocenters. The second-order valence-electron chi connectivity index (χ2n) is 4.72. The number of carbonyl (C=O) groups is 2. The molecule has 8 heteroatoms. The Kier molecular flexibility index (Phi) is 3.42. The van der Waals surface area contributed by atoms with Gasteiger partial charge in [0, 0.05) is 13.0 Å². The first-order chi connectivity index (χ1) is 8.40. The SMILES string of the molecule is O=C(O)[C@@H]1CC(O)CN1C(=O)N1CC(O)C(O)C1. The van der Waals surface area contributed by atoms with E-state index in [1.54, 1.807) is 0 Å². The molecule has 2 fully saturated rings. The van der Waals surface area contributed by atoms with Gasteiger partial charge in [-0.3, -0.25) is 0 Å². The summed E-state index contributed by atoms with van der Waals surface area (Å²) in [6, 6.07) is -1.63. The Hall–Kier alpha value is -1.38. The second-order valence-corrected chi connectivity index (χ2v) is 4.72. The Labute approximate surface area is 103 Å². The van der Waals surface area contributed by atoms with Crippen LogP contribution in [0.15, 0.2) is 0 Å². The van der Waals surface area contributed by atoms with Gasteiger partial charge >= 0.3 is 12.0 Å². The van der Waals surface area contributed by atoms with Crippen molar-refractivity contribution in [1.82, 2.24) is 9.80 Å². The fourth-order valence-corrected chi connectivity index (χ4v) is 2.37. The summed E-state index contributed by atoms with van der Waals surface area (Å²) in [5.41, 5.74) is 0. The van der Waals surface area contributed by atoms with Crippen molar-refractivity contribution in [2.75, 3.05) is 19.6 Å². The van der Waals surface area contributed by atoms with Gasteiger partial charge in [0.2, 0.25) is 0 Å². The maximum absolute atomic E-state index is 12.1. The highest BCUT2D eigenvalue weighted by Gasteiger charge is 2.43. The molecule has 0 bridgehead atoms. The Morgan fingerprint density at radius 3 is 2.06 bits per heavy atom. The van der Waals surface area contributed by atoms with Crippen molar-refractivity contribution in [2.45, 2.75) is 30.8 Å². The fraction of sp³-hybridized carbons (Fsp3) is 0.800. The van der Waals surface area contributed by atoms with Crippen molar-refractivity contribution in [1.29, 1.82) is 0 Å². The number of carboxylic acid groups (broad SMARTS) is 1. The Morgan fingerprint density at radius 1 is 1.00 bits per heavy atom. The van der Waals surface area contributed by atoms with Crippen LogP contribution in [0.4, 0.5) is 4.79 Å². The number of aliphatic hydroxyl groups excluding tert-OH is 3. The first-order valence-electron chi connectivity index (χ1n) is 5.72. The molecule has 2 rings (SSSR count). The van der Waals surface area contributed by atoms with Crippen LogP contribution in [0, 0.1) is 0 Å². The molecule has 0 aromatic carbocycles. The number of urea groups is 1. The second kappa shape index (κ2) is 4.71. The summed E-state index contributed by atoms with van der Waals surface area (Å²) in [7, 11) is 0. The van der Waals surface area contributed by atoms with Gasteiger partial charge in [0.25, 0.3) is 0 Å². The smallest absolute Gasteiger partial charge is 0.326 e. The number of nitrogens with zero attached hydrogens (tertiary/aromatic N) is 2. The van der Waals surface area contributed by atoms with Gasteiger partial charge in [0.1, 0.15) is 6.04 Å². The highest BCUT2D eigenvalue weighted by Crippen LogP contribution is 2.22. The zero-order valence-electron chi connectivity index (χ0n) is 9.64. The summed E-state index contributed by atoms with van der Waals surface area (Å²) in [6.07, 6.45) is -2.87. The van der Waals surface area contributed by atoms with Crippen LogP contribution in [-0.4, -0.2) is 86.2 Å². The third-order valence-corrected chi connectivity index (χ3v) is 3.34. The zero-order chi connectivity index (χ0) is 13.4. The minimum Gasteiger partial charge on any atom is -0.480 e. The summed E-state index contributed by atoms with van der Waals surface area (Å²) in [6.45, 7) is -0.101. The molecule has 0 radical (unpaired) electrons. The number of carbonyl (C=O) groups excluding carboxylic acids is 1. The van der Waals surface area contributed by atoms with Crippen molar-refractivity contribution in [3.63, 3.8) is 0 Å². The van der Waals surface area contributed by atoms with E-state index in [4.69, 9.17) is 5.11 Å². The van der Waals surface area contributed by atoms with Gasteiger partial charge in [0.15, 0.2) is 0 Å². The normalized spacial score (nSPS) is 36.2. The van der Waals surface area contributed by atoms with Crippen LogP contribution in [0.25, 0.3) is 0 Å². The molecule has 2 heterocycles. The van der Waals surface area contributed by atoms with Crippen molar-refractivity contribution >= 4 is 12.0 Å². The molecule has 2 aliphatic rings. The number of carboxylic acids is 1. The van der Waals surface area contributed by atoms with Gasteiger partial charge < -0.3 is 30.2 Å². The number of amides is 2. The number of hydrogen-bond acceptors (Lipinski definition) is 5. The average Bonchev–Trinajstić information content (AvgIpc) is 2.82. The number of aliphatic carboxylic acids is 1. The van der Waals surface area contributed by atoms with Gasteiger partial charge in [-0.25, -0.2) is 9.59 Å². The molecule has 4 N–H and O–H groups in total. The Balaban J connectivity index is 2.06. The molecular formula is C10H16N2O6. The van der Waals surface area contributed by atoms with E-state index in [1.165, 1.54) is 4.90 Å². The lowest BCUT2D eigenvalue weighted by atomic mass is 10.2. The summed E-state index contributed by atoms with van der Waals surface area (Å²) in [5, 5.41) is 37.1. The van der Waals surface area contributed by atoms with E-state index in [9.17, 15) is 24.9 Å². The van der Waals surface area contributed by atoms with E-state index in [1.807, 2.05) is 0 Å². The van der Waals surface area contributed by atoms with Crippen molar-refractivity contribution in [3.8, 4) is 0 Å². The van der Waals surface area contributed by atoms with Crippen LogP contribution in [0.1, 0.15) is 6.42 Å². The van der Waals surface area contributed by atoms with Crippen LogP contribution in [-0.2, 0) is 4.79 Å². The lowest BCUT2D eigenvalue weighted by molar-refractivity contribution is -0.141. The highest BCUT2D eigenvalue weighted by molar-refractivity contribution is 5.83. The molecular weight excluding hydrogens is 244 g/mol. The number of likely N-dealkylation sites (tertiary alicyclic amines) is 2. The highest BCUT2D eigenvalue weighted by atomic mass is 16.4. The van der Waals surface area contributed by atoms with Crippen LogP contribution in [0.5, 0.6) is 0 Å². The average molecular weight is 260 g/mol.